The first-order valence-electron chi connectivity index (χ1n) is 10.7. The molecular formula is C24H26BrN3O3. The average Bonchev–Trinajstić information content (AvgIpc) is 2.80. The van der Waals surface area contributed by atoms with Crippen molar-refractivity contribution in [2.75, 3.05) is 13.7 Å². The maximum Gasteiger partial charge on any atom is 0.282 e. The SMILES string of the molecule is CCOc1ccc(C=Nn2c(C3CCCCC3)nc3ccc(Br)cc3c2=O)cc1OC. The maximum atomic E-state index is 13.4. The number of hydrogen-bond acceptors (Lipinski definition) is 5. The molecule has 1 saturated carbocycles. The van der Waals surface area contributed by atoms with Crippen LogP contribution in [0, 0.1) is 0 Å². The summed E-state index contributed by atoms with van der Waals surface area (Å²) < 4.78 is 13.3. The minimum atomic E-state index is -0.152. The molecule has 0 saturated heterocycles. The lowest BCUT2D eigenvalue weighted by molar-refractivity contribution is 0.311. The Morgan fingerprint density at radius 3 is 2.71 bits per heavy atom. The van der Waals surface area contributed by atoms with Crippen molar-refractivity contribution in [2.45, 2.75) is 44.9 Å². The summed E-state index contributed by atoms with van der Waals surface area (Å²) in [7, 11) is 1.61. The van der Waals surface area contributed by atoms with Crippen molar-refractivity contribution in [1.29, 1.82) is 0 Å². The molecule has 7 heteroatoms. The Morgan fingerprint density at radius 2 is 1.97 bits per heavy atom. The summed E-state index contributed by atoms with van der Waals surface area (Å²) in [6.07, 6.45) is 7.27. The summed E-state index contributed by atoms with van der Waals surface area (Å²) >= 11 is 3.46. The summed E-state index contributed by atoms with van der Waals surface area (Å²) in [6.45, 7) is 2.49. The summed E-state index contributed by atoms with van der Waals surface area (Å²) in [5.74, 6) is 2.29. The minimum Gasteiger partial charge on any atom is -0.493 e. The standard InChI is InChI=1S/C24H26BrN3O3/c1-3-31-21-12-9-16(13-22(21)30-2)15-26-28-23(17-7-5-4-6-8-17)27-20-11-10-18(25)14-19(20)24(28)29/h9-15,17H,3-8H2,1-2H3. The number of fused-ring (bicyclic) bond motifs is 1. The second-order valence-electron chi connectivity index (χ2n) is 7.67. The second-order valence-corrected chi connectivity index (χ2v) is 8.59. The summed E-state index contributed by atoms with van der Waals surface area (Å²) in [6, 6.07) is 11.2. The van der Waals surface area contributed by atoms with E-state index in [0.717, 1.165) is 41.5 Å². The van der Waals surface area contributed by atoms with Gasteiger partial charge in [-0.3, -0.25) is 4.79 Å². The molecule has 0 radical (unpaired) electrons. The van der Waals surface area contributed by atoms with Crippen molar-refractivity contribution in [3.8, 4) is 11.5 Å². The van der Waals surface area contributed by atoms with Gasteiger partial charge in [-0.15, -0.1) is 0 Å². The lowest BCUT2D eigenvalue weighted by Crippen LogP contribution is -2.25. The summed E-state index contributed by atoms with van der Waals surface area (Å²) in [5.41, 5.74) is 1.38. The van der Waals surface area contributed by atoms with Crippen LogP contribution in [0.15, 0.2) is 50.8 Å². The van der Waals surface area contributed by atoms with E-state index in [2.05, 4.69) is 21.0 Å². The summed E-state index contributed by atoms with van der Waals surface area (Å²) in [4.78, 5) is 18.2. The van der Waals surface area contributed by atoms with Gasteiger partial charge in [0.2, 0.25) is 0 Å². The lowest BCUT2D eigenvalue weighted by atomic mass is 9.88. The molecule has 1 fully saturated rings. The number of benzene rings is 2. The first kappa shape index (κ1) is 21.6. The van der Waals surface area contributed by atoms with Crippen molar-refractivity contribution in [3.63, 3.8) is 0 Å². The molecule has 0 amide bonds. The van der Waals surface area contributed by atoms with E-state index in [1.54, 1.807) is 19.4 Å². The van der Waals surface area contributed by atoms with E-state index in [4.69, 9.17) is 14.5 Å². The smallest absolute Gasteiger partial charge is 0.282 e. The quantitative estimate of drug-likeness (QED) is 0.434. The van der Waals surface area contributed by atoms with Crippen LogP contribution in [0.3, 0.4) is 0 Å². The predicted molar refractivity (Wildman–Crippen MR) is 127 cm³/mol. The van der Waals surface area contributed by atoms with E-state index >= 15 is 0 Å². The van der Waals surface area contributed by atoms with Crippen molar-refractivity contribution >= 4 is 33.0 Å². The van der Waals surface area contributed by atoms with Gasteiger partial charge in [0, 0.05) is 10.4 Å². The van der Waals surface area contributed by atoms with Gasteiger partial charge >= 0.3 is 0 Å². The minimum absolute atomic E-state index is 0.152. The molecule has 1 aromatic heterocycles. The average molecular weight is 484 g/mol. The lowest BCUT2D eigenvalue weighted by Gasteiger charge is -2.22. The topological polar surface area (TPSA) is 65.7 Å². The molecule has 0 spiro atoms. The van der Waals surface area contributed by atoms with E-state index < -0.39 is 0 Å². The molecule has 1 aliphatic carbocycles. The van der Waals surface area contributed by atoms with Crippen LogP contribution in [0.2, 0.25) is 0 Å². The number of rotatable bonds is 6. The van der Waals surface area contributed by atoms with Crippen LogP contribution in [0.25, 0.3) is 10.9 Å². The highest BCUT2D eigenvalue weighted by atomic mass is 79.9. The van der Waals surface area contributed by atoms with E-state index in [9.17, 15) is 4.79 Å². The monoisotopic (exact) mass is 483 g/mol. The Morgan fingerprint density at radius 1 is 1.16 bits per heavy atom. The van der Waals surface area contributed by atoms with Crippen LogP contribution < -0.4 is 15.0 Å². The Labute approximate surface area is 190 Å². The Bertz CT molecular complexity index is 1170. The van der Waals surface area contributed by atoms with Crippen LogP contribution in [0.5, 0.6) is 11.5 Å². The first-order chi connectivity index (χ1) is 15.1. The molecule has 1 aliphatic rings. The Balaban J connectivity index is 1.79. The Hall–Kier alpha value is -2.67. The molecule has 4 rings (SSSR count). The third kappa shape index (κ3) is 4.66. The number of nitrogens with zero attached hydrogens (tertiary/aromatic N) is 3. The molecule has 1 heterocycles. The Kier molecular flexibility index (Phi) is 6.70. The molecule has 0 atom stereocenters. The highest BCUT2D eigenvalue weighted by Crippen LogP contribution is 2.32. The molecular weight excluding hydrogens is 458 g/mol. The van der Waals surface area contributed by atoms with E-state index in [1.165, 1.54) is 11.1 Å². The van der Waals surface area contributed by atoms with Crippen molar-refractivity contribution in [3.05, 3.63) is 62.6 Å². The predicted octanol–water partition coefficient (Wildman–Crippen LogP) is 5.50. The normalized spacial score (nSPS) is 14.9. The highest BCUT2D eigenvalue weighted by Gasteiger charge is 2.22. The second kappa shape index (κ2) is 9.64. The third-order valence-electron chi connectivity index (χ3n) is 5.61. The number of halogens is 1. The molecule has 0 bridgehead atoms. The first-order valence-corrected chi connectivity index (χ1v) is 11.5. The zero-order valence-corrected chi connectivity index (χ0v) is 19.4. The zero-order chi connectivity index (χ0) is 21.8. The van der Waals surface area contributed by atoms with Crippen molar-refractivity contribution < 1.29 is 9.47 Å². The van der Waals surface area contributed by atoms with E-state index in [-0.39, 0.29) is 11.5 Å². The van der Waals surface area contributed by atoms with E-state index in [1.807, 2.05) is 37.3 Å². The van der Waals surface area contributed by atoms with Crippen LogP contribution in [0.1, 0.15) is 56.3 Å². The van der Waals surface area contributed by atoms with Gasteiger partial charge in [0.1, 0.15) is 5.82 Å². The number of hydrogen-bond donors (Lipinski definition) is 0. The van der Waals surface area contributed by atoms with Crippen molar-refractivity contribution in [1.82, 2.24) is 9.66 Å². The molecule has 0 aliphatic heterocycles. The van der Waals surface area contributed by atoms with Gasteiger partial charge < -0.3 is 9.47 Å². The highest BCUT2D eigenvalue weighted by molar-refractivity contribution is 9.10. The number of aromatic nitrogens is 2. The van der Waals surface area contributed by atoms with Gasteiger partial charge in [-0.25, -0.2) is 4.98 Å². The van der Waals surface area contributed by atoms with Crippen LogP contribution in [-0.2, 0) is 0 Å². The number of ether oxygens (including phenoxy) is 2. The molecule has 2 aromatic carbocycles. The largest absolute Gasteiger partial charge is 0.493 e. The van der Waals surface area contributed by atoms with E-state index in [0.29, 0.717) is 29.0 Å². The van der Waals surface area contributed by atoms with Gasteiger partial charge in [-0.05, 0) is 61.7 Å². The van der Waals surface area contributed by atoms with Crippen LogP contribution in [0.4, 0.5) is 0 Å². The van der Waals surface area contributed by atoms with Gasteiger partial charge in [0.25, 0.3) is 5.56 Å². The van der Waals surface area contributed by atoms with Gasteiger partial charge in [0.15, 0.2) is 11.5 Å². The van der Waals surface area contributed by atoms with Crippen LogP contribution in [-0.4, -0.2) is 29.6 Å². The molecule has 162 valence electrons. The molecule has 3 aromatic rings. The molecule has 31 heavy (non-hydrogen) atoms. The fraction of sp³-hybridized carbons (Fsp3) is 0.375. The summed E-state index contributed by atoms with van der Waals surface area (Å²) in [5, 5.41) is 5.14. The fourth-order valence-corrected chi connectivity index (χ4v) is 4.43. The molecule has 0 N–H and O–H groups in total. The molecule has 0 unspecified atom stereocenters. The van der Waals surface area contributed by atoms with Crippen LogP contribution >= 0.6 is 15.9 Å². The van der Waals surface area contributed by atoms with Gasteiger partial charge in [-0.1, -0.05) is 35.2 Å². The molecule has 6 nitrogen and oxygen atoms in total. The third-order valence-corrected chi connectivity index (χ3v) is 6.11. The van der Waals surface area contributed by atoms with Gasteiger partial charge in [0.05, 0.1) is 30.8 Å². The fourth-order valence-electron chi connectivity index (χ4n) is 4.07. The zero-order valence-electron chi connectivity index (χ0n) is 17.8. The van der Waals surface area contributed by atoms with Crippen molar-refractivity contribution in [2.24, 2.45) is 5.10 Å². The van der Waals surface area contributed by atoms with Gasteiger partial charge in [-0.2, -0.15) is 9.78 Å². The number of methoxy groups -OCH3 is 1. The maximum absolute atomic E-state index is 13.4.